The second-order valence-electron chi connectivity index (χ2n) is 24.5. The zero-order valence-corrected chi connectivity index (χ0v) is 60.3. The molecule has 3 atom stereocenters. The first kappa shape index (κ1) is 83.7. The minimum atomic E-state index is -2.00. The van der Waals surface area contributed by atoms with E-state index in [2.05, 4.69) is 60.5 Å². The Morgan fingerprint density at radius 3 is 1.00 bits per heavy atom. The number of fused-ring (bicyclic) bond motifs is 3. The predicted octanol–water partition coefficient (Wildman–Crippen LogP) is 12.8. The van der Waals surface area contributed by atoms with Gasteiger partial charge < -0.3 is 54.3 Å². The number of benzene rings is 6. The van der Waals surface area contributed by atoms with Crippen LogP contribution in [0.15, 0.2) is 110 Å². The molecule has 12 aromatic rings. The average molecular weight is 1620 g/mol. The van der Waals surface area contributed by atoms with E-state index in [0.29, 0.717) is 96.0 Å². The van der Waals surface area contributed by atoms with Gasteiger partial charge in [-0.3, -0.25) is 29.9 Å². The Hall–Kier alpha value is -9.75. The summed E-state index contributed by atoms with van der Waals surface area (Å²) >= 11 is 24.2. The van der Waals surface area contributed by atoms with Crippen LogP contribution in [-0.4, -0.2) is 172 Å². The van der Waals surface area contributed by atoms with E-state index in [4.69, 9.17) is 70.7 Å². The van der Waals surface area contributed by atoms with Crippen molar-refractivity contribution in [3.05, 3.63) is 234 Å². The van der Waals surface area contributed by atoms with Gasteiger partial charge >= 0.3 is 7.12 Å². The van der Waals surface area contributed by atoms with Gasteiger partial charge in [0.15, 0.2) is 17.5 Å². The maximum atomic E-state index is 15.4. The fourth-order valence-electron chi connectivity index (χ4n) is 12.4. The fraction of sp³-hybridized carbons (Fsp3) is 0.270. The Bertz CT molecular complexity index is 5190. The standard InChI is InChI=1S/2C24H19ClF3N5O2.C12H11BClFN2O3.C12H10ClF2N3O.2CH4/c2*1-12-22(30-3-2-29-12)24(34)14-8-13(17(26)9-16(14)25)15-11-31-32-23-20(15)18(27)10-19(21(23)28)33-4-6-35-7-5-33;1-6-11(17-3-2-16-6)12(18)7-4-8(13(19)20)10(15)5-9(7)14;13-7-6-16-17-12-10(7)8(14)5-9(11(12)15)18-1-3-19-4-2-18;;/h2*2-3,8-11,24,34H,4-7H2,1H3;2-5,12,18-20H,1H3;5-6H,1-4H2;2*1H4/t2*24-;;;;/m10..../s1. The molecule has 3 saturated heterocycles. The third-order valence-electron chi connectivity index (χ3n) is 17.9. The molecule has 23 nitrogen and oxygen atoms in total. The van der Waals surface area contributed by atoms with E-state index < -0.39 is 77.8 Å². The maximum Gasteiger partial charge on any atom is 0.491 e. The van der Waals surface area contributed by atoms with Crippen molar-refractivity contribution in [3.63, 3.8) is 0 Å². The molecule has 0 radical (unpaired) electrons. The van der Waals surface area contributed by atoms with E-state index in [1.807, 2.05) is 0 Å². The summed E-state index contributed by atoms with van der Waals surface area (Å²) < 4.78 is 150. The summed E-state index contributed by atoms with van der Waals surface area (Å²) in [4.78, 5) is 29.5. The quantitative estimate of drug-likeness (QED) is 0.0561. The van der Waals surface area contributed by atoms with Gasteiger partial charge in [0.1, 0.15) is 69.8 Å². The van der Waals surface area contributed by atoms with Crippen molar-refractivity contribution < 1.29 is 79.1 Å². The van der Waals surface area contributed by atoms with Crippen molar-refractivity contribution in [1.82, 2.24) is 60.5 Å². The van der Waals surface area contributed by atoms with Gasteiger partial charge in [0.25, 0.3) is 0 Å². The molecule has 6 aromatic heterocycles. The van der Waals surface area contributed by atoms with Crippen LogP contribution in [0.25, 0.3) is 55.0 Å². The molecule has 5 N–H and O–H groups in total. The van der Waals surface area contributed by atoms with Crippen LogP contribution in [0.3, 0.4) is 0 Å². The predicted molar refractivity (Wildman–Crippen MR) is 400 cm³/mol. The summed E-state index contributed by atoms with van der Waals surface area (Å²) in [5, 5.41) is 72.1. The van der Waals surface area contributed by atoms with Gasteiger partial charge in [-0.15, -0.1) is 15.3 Å². The van der Waals surface area contributed by atoms with Crippen molar-refractivity contribution in [2.45, 2.75) is 53.9 Å². The third-order valence-corrected chi connectivity index (χ3v) is 19.2. The number of morpholine rings is 3. The van der Waals surface area contributed by atoms with Gasteiger partial charge in [-0.2, -0.15) is 15.3 Å². The summed E-state index contributed by atoms with van der Waals surface area (Å²) in [5.74, 6) is -6.75. The highest BCUT2D eigenvalue weighted by molar-refractivity contribution is 6.58. The molecule has 9 heterocycles. The van der Waals surface area contributed by atoms with Crippen molar-refractivity contribution in [2.24, 2.45) is 0 Å². The van der Waals surface area contributed by atoms with E-state index in [-0.39, 0.29) is 146 Å². The minimum Gasteiger partial charge on any atom is -0.423 e. The zero-order valence-electron chi connectivity index (χ0n) is 57.3. The SMILES string of the molecule is C.C.Cc1nccnc1C(O)c1cc(B(O)O)c(F)cc1Cl.Cc1nccnc1[C@@H](O)c1cc(-c2cnnc3c(F)c(N4CCOCC4)cc(F)c23)c(F)cc1Cl.Cc1nccnc1[C@H](O)c1cc(-c2cnnc3c(F)c(N4CCOCC4)cc(F)c23)c(F)cc1Cl.Fc1c(N2CCOCC2)cc(F)c2c(Cl)cnnc12. The Morgan fingerprint density at radius 2 is 0.667 bits per heavy atom. The Balaban J connectivity index is 0.000000162. The Labute approximate surface area is 648 Å². The van der Waals surface area contributed by atoms with E-state index in [0.717, 1.165) is 54.9 Å². The normalized spacial score (nSPS) is 14.4. The van der Waals surface area contributed by atoms with Crippen molar-refractivity contribution in [3.8, 4) is 22.3 Å². The molecule has 0 amide bonds. The average Bonchev–Trinajstić information content (AvgIpc) is 0.754. The third kappa shape index (κ3) is 17.8. The van der Waals surface area contributed by atoms with Gasteiger partial charge in [0, 0.05) is 154 Å². The lowest BCUT2D eigenvalue weighted by molar-refractivity contribution is 0.122. The van der Waals surface area contributed by atoms with Gasteiger partial charge in [-0.05, 0) is 51.1 Å². The van der Waals surface area contributed by atoms with Crippen LogP contribution in [0.4, 0.5) is 56.6 Å². The van der Waals surface area contributed by atoms with Crippen LogP contribution in [0.1, 0.15) is 84.0 Å². The Morgan fingerprint density at radius 1 is 0.369 bits per heavy atom. The fourth-order valence-corrected chi connectivity index (χ4v) is 13.4. The van der Waals surface area contributed by atoms with E-state index in [1.54, 1.807) is 35.5 Å². The van der Waals surface area contributed by atoms with Crippen molar-refractivity contribution in [2.75, 3.05) is 93.6 Å². The highest BCUT2D eigenvalue weighted by Gasteiger charge is 2.31. The monoisotopic (exact) mass is 1620 g/mol. The van der Waals surface area contributed by atoms with Crippen LogP contribution >= 0.6 is 46.4 Å². The second-order valence-corrected chi connectivity index (χ2v) is 26.1. The molecule has 111 heavy (non-hydrogen) atoms. The molecule has 3 aliphatic heterocycles. The van der Waals surface area contributed by atoms with Crippen LogP contribution in [0.2, 0.25) is 20.1 Å². The van der Waals surface area contributed by atoms with Crippen LogP contribution in [-0.2, 0) is 14.2 Å². The zero-order chi connectivity index (χ0) is 77.6. The highest BCUT2D eigenvalue weighted by atomic mass is 35.5. The smallest absolute Gasteiger partial charge is 0.423 e. The lowest BCUT2D eigenvalue weighted by Gasteiger charge is -2.29. The topological polar surface area (TPSA) is 293 Å². The first-order valence-electron chi connectivity index (χ1n) is 33.1. The maximum absolute atomic E-state index is 15.4. The lowest BCUT2D eigenvalue weighted by Crippen LogP contribution is -2.36. The number of aliphatic hydroxyl groups is 3. The molecule has 1 unspecified atom stereocenters. The number of rotatable bonds is 12. The molecular weight excluding hydrogens is 1550 g/mol. The number of aryl methyl sites for hydroxylation is 3. The molecule has 6 aromatic carbocycles. The second kappa shape index (κ2) is 36.6. The number of aliphatic hydroxyl groups excluding tert-OH is 3. The molecule has 3 aliphatic rings. The molecule has 0 spiro atoms. The summed E-state index contributed by atoms with van der Waals surface area (Å²) in [5.41, 5.74) is 1.29. The van der Waals surface area contributed by atoms with E-state index >= 15 is 26.3 Å². The van der Waals surface area contributed by atoms with Gasteiger partial charge in [-0.25, -0.2) is 39.5 Å². The largest absolute Gasteiger partial charge is 0.491 e. The van der Waals surface area contributed by atoms with E-state index in [1.165, 1.54) is 55.5 Å². The van der Waals surface area contributed by atoms with E-state index in [9.17, 15) is 28.5 Å². The highest BCUT2D eigenvalue weighted by Crippen LogP contribution is 2.43. The van der Waals surface area contributed by atoms with Crippen LogP contribution in [0.5, 0.6) is 0 Å². The molecule has 37 heteroatoms. The molecule has 0 aliphatic carbocycles. The van der Waals surface area contributed by atoms with Gasteiger partial charge in [0.05, 0.1) is 131 Å². The Kier molecular flexibility index (Phi) is 27.6. The molecule has 0 bridgehead atoms. The number of anilines is 3. The number of hydrogen-bond donors (Lipinski definition) is 5. The number of nitrogens with zero attached hydrogens (tertiary/aromatic N) is 15. The summed E-state index contributed by atoms with van der Waals surface area (Å²) in [6.07, 6.45) is 8.24. The molecule has 0 saturated carbocycles. The number of hydrogen-bond acceptors (Lipinski definition) is 23. The number of halogens is 13. The molecule has 15 rings (SSSR count). The summed E-state index contributed by atoms with van der Waals surface area (Å²) in [7, 11) is -2.00. The van der Waals surface area contributed by atoms with Crippen LogP contribution in [0, 0.1) is 73.1 Å². The first-order chi connectivity index (χ1) is 52.3. The first-order valence-corrected chi connectivity index (χ1v) is 34.6. The molecular formula is C74H67BCl4F9N15O8. The number of aromatic nitrogens is 12. The van der Waals surface area contributed by atoms with Crippen LogP contribution < -0.4 is 20.2 Å². The van der Waals surface area contributed by atoms with Gasteiger partial charge in [0.2, 0.25) is 0 Å². The van der Waals surface area contributed by atoms with Crippen molar-refractivity contribution in [1.29, 1.82) is 0 Å². The number of ether oxygens (including phenoxy) is 3. The molecule has 3 fully saturated rings. The minimum absolute atomic E-state index is 0. The molecule has 580 valence electrons. The summed E-state index contributed by atoms with van der Waals surface area (Å²) in [6.45, 7) is 10.1. The van der Waals surface area contributed by atoms with Gasteiger partial charge in [-0.1, -0.05) is 67.3 Å². The lowest BCUT2D eigenvalue weighted by atomic mass is 9.78. The summed E-state index contributed by atoms with van der Waals surface area (Å²) in [6, 6.07) is 9.87. The van der Waals surface area contributed by atoms with Crippen molar-refractivity contribution >= 4 is 109 Å².